The molecule has 5 heteroatoms. The van der Waals surface area contributed by atoms with Crippen molar-refractivity contribution in [1.29, 1.82) is 0 Å². The fourth-order valence-corrected chi connectivity index (χ4v) is 6.42. The summed E-state index contributed by atoms with van der Waals surface area (Å²) in [6.07, 6.45) is 0. The van der Waals surface area contributed by atoms with Gasteiger partial charge in [0, 0.05) is 36.6 Å². The van der Waals surface area contributed by atoms with Gasteiger partial charge in [0.25, 0.3) is 0 Å². The van der Waals surface area contributed by atoms with E-state index in [-0.39, 0.29) is 0 Å². The van der Waals surface area contributed by atoms with Crippen LogP contribution in [0.3, 0.4) is 0 Å². The minimum Gasteiger partial charge on any atom is -0.456 e. The monoisotopic (exact) mass is 476 g/mol. The molecule has 0 atom stereocenters. The molecule has 35 heavy (non-hydrogen) atoms. The molecular weight excluding hydrogens is 451 g/mol. The first-order valence-corrected chi connectivity index (χ1v) is 12.9. The fraction of sp³-hybridized carbons (Fsp3) is 0.200. The van der Waals surface area contributed by atoms with E-state index in [0.29, 0.717) is 0 Å². The molecule has 1 aliphatic rings. The van der Waals surface area contributed by atoms with E-state index in [2.05, 4.69) is 107 Å². The predicted molar refractivity (Wildman–Crippen MR) is 148 cm³/mol. The highest BCUT2D eigenvalue weighted by Gasteiger charge is 2.53. The molecule has 0 spiro atoms. The van der Waals surface area contributed by atoms with Crippen LogP contribution in [0.1, 0.15) is 27.7 Å². The average Bonchev–Trinajstić information content (AvgIpc) is 3.48. The Balaban J connectivity index is 1.58. The number of rotatable bonds is 2. The lowest BCUT2D eigenvalue weighted by atomic mass is 9.75. The quantitative estimate of drug-likeness (QED) is 0.238. The third kappa shape index (κ3) is 2.99. The van der Waals surface area contributed by atoms with Gasteiger partial charge in [-0.2, -0.15) is 0 Å². The van der Waals surface area contributed by atoms with Crippen LogP contribution in [0.4, 0.5) is 0 Å². The molecule has 2 aromatic heterocycles. The normalized spacial score (nSPS) is 17.3. The van der Waals surface area contributed by atoms with Crippen molar-refractivity contribution in [3.63, 3.8) is 0 Å². The Kier molecular flexibility index (Phi) is 4.36. The van der Waals surface area contributed by atoms with Crippen LogP contribution >= 0.6 is 11.3 Å². The van der Waals surface area contributed by atoms with E-state index >= 15 is 0 Å². The lowest BCUT2D eigenvalue weighted by Gasteiger charge is -2.32. The molecule has 0 amide bonds. The maximum absolute atomic E-state index is 6.69. The molecule has 3 nitrogen and oxygen atoms in total. The highest BCUT2D eigenvalue weighted by atomic mass is 32.1. The summed E-state index contributed by atoms with van der Waals surface area (Å²) in [6.45, 7) is 8.39. The number of furan rings is 1. The molecule has 1 saturated heterocycles. The van der Waals surface area contributed by atoms with Crippen molar-refractivity contribution in [2.75, 3.05) is 0 Å². The maximum Gasteiger partial charge on any atom is 0.499 e. The summed E-state index contributed by atoms with van der Waals surface area (Å²) >= 11 is 1.81. The van der Waals surface area contributed by atoms with E-state index in [9.17, 15) is 0 Å². The van der Waals surface area contributed by atoms with E-state index in [0.717, 1.165) is 33.1 Å². The Labute approximate surface area is 208 Å². The molecule has 3 heterocycles. The summed E-state index contributed by atoms with van der Waals surface area (Å²) in [5, 5.41) is 5.90. The van der Waals surface area contributed by atoms with Gasteiger partial charge in [-0.3, -0.25) is 0 Å². The number of fused-ring (bicyclic) bond motifs is 6. The van der Waals surface area contributed by atoms with Crippen molar-refractivity contribution in [2.24, 2.45) is 0 Å². The van der Waals surface area contributed by atoms with Crippen molar-refractivity contribution in [2.45, 2.75) is 38.9 Å². The van der Waals surface area contributed by atoms with Crippen molar-refractivity contribution >= 4 is 65.8 Å². The first-order chi connectivity index (χ1) is 16.8. The zero-order valence-corrected chi connectivity index (χ0v) is 21.0. The molecule has 4 aromatic carbocycles. The Morgan fingerprint density at radius 3 is 2.17 bits per heavy atom. The minimum absolute atomic E-state index is 0.452. The SMILES string of the molecule is CC1(C)OB(c2c(-c3cccc4c3sc3ccccc34)oc3ccc4ccccc4c23)OC1(C)C. The Hall–Kier alpha value is -3.12. The third-order valence-corrected chi connectivity index (χ3v) is 8.97. The van der Waals surface area contributed by atoms with E-state index in [4.69, 9.17) is 13.7 Å². The van der Waals surface area contributed by atoms with Crippen LogP contribution in [-0.4, -0.2) is 18.3 Å². The second kappa shape index (κ2) is 7.20. The van der Waals surface area contributed by atoms with Crippen molar-refractivity contribution in [3.8, 4) is 11.3 Å². The smallest absolute Gasteiger partial charge is 0.456 e. The summed E-state index contributed by atoms with van der Waals surface area (Å²) in [4.78, 5) is 0. The molecule has 1 aliphatic heterocycles. The third-order valence-electron chi connectivity index (χ3n) is 7.75. The Bertz CT molecular complexity index is 1760. The summed E-state index contributed by atoms with van der Waals surface area (Å²) < 4.78 is 22.4. The topological polar surface area (TPSA) is 31.6 Å². The highest BCUT2D eigenvalue weighted by Crippen LogP contribution is 2.43. The van der Waals surface area contributed by atoms with Crippen LogP contribution in [0.15, 0.2) is 83.3 Å². The second-order valence-corrected chi connectivity index (χ2v) is 11.4. The molecule has 0 radical (unpaired) electrons. The van der Waals surface area contributed by atoms with E-state index in [1.54, 1.807) is 11.3 Å². The standard InChI is InChI=1S/C30H25BO3S/c1-29(2)30(3,4)34-31(33-29)26-25-19-11-6-5-10-18(19)16-17-23(25)32-27(26)22-14-9-13-21-20-12-7-8-15-24(20)35-28(21)22/h5-17H,1-4H3. The van der Waals surface area contributed by atoms with Crippen molar-refractivity contribution in [1.82, 2.24) is 0 Å². The molecule has 1 fully saturated rings. The summed E-state index contributed by atoms with van der Waals surface area (Å²) in [5.41, 5.74) is 2.00. The maximum atomic E-state index is 6.69. The lowest BCUT2D eigenvalue weighted by molar-refractivity contribution is 0.00578. The molecule has 0 bridgehead atoms. The number of benzene rings is 4. The summed E-state index contributed by atoms with van der Waals surface area (Å²) in [7, 11) is -0.535. The Morgan fingerprint density at radius 1 is 0.686 bits per heavy atom. The molecule has 172 valence electrons. The van der Waals surface area contributed by atoms with Gasteiger partial charge in [-0.1, -0.05) is 60.7 Å². The van der Waals surface area contributed by atoms with E-state index < -0.39 is 18.3 Å². The molecule has 7 rings (SSSR count). The first kappa shape index (κ1) is 21.2. The van der Waals surface area contributed by atoms with Crippen LogP contribution in [0.5, 0.6) is 0 Å². The summed E-state index contributed by atoms with van der Waals surface area (Å²) in [6, 6.07) is 27.7. The van der Waals surface area contributed by atoms with Gasteiger partial charge in [-0.15, -0.1) is 11.3 Å². The zero-order valence-electron chi connectivity index (χ0n) is 20.2. The average molecular weight is 476 g/mol. The minimum atomic E-state index is -0.535. The molecule has 0 saturated carbocycles. The number of thiophene rings is 1. The van der Waals surface area contributed by atoms with E-state index in [1.165, 1.54) is 25.6 Å². The number of hydrogen-bond donors (Lipinski definition) is 0. The predicted octanol–water partition coefficient (Wildman–Crippen LogP) is 7.92. The lowest BCUT2D eigenvalue weighted by Crippen LogP contribution is -2.41. The van der Waals surface area contributed by atoms with Crippen LogP contribution in [-0.2, 0) is 9.31 Å². The summed E-state index contributed by atoms with van der Waals surface area (Å²) in [5.74, 6) is 0.826. The number of hydrogen-bond acceptors (Lipinski definition) is 4. The van der Waals surface area contributed by atoms with Crippen LogP contribution in [0.25, 0.3) is 53.2 Å². The largest absolute Gasteiger partial charge is 0.499 e. The fourth-order valence-electron chi connectivity index (χ4n) is 5.20. The van der Waals surface area contributed by atoms with Crippen LogP contribution < -0.4 is 5.46 Å². The highest BCUT2D eigenvalue weighted by molar-refractivity contribution is 7.26. The molecule has 0 unspecified atom stereocenters. The van der Waals surface area contributed by atoms with Gasteiger partial charge >= 0.3 is 7.12 Å². The second-order valence-electron chi connectivity index (χ2n) is 10.4. The molecule has 0 N–H and O–H groups in total. The van der Waals surface area contributed by atoms with Gasteiger partial charge in [0.15, 0.2) is 0 Å². The van der Waals surface area contributed by atoms with Crippen LogP contribution in [0, 0.1) is 0 Å². The van der Waals surface area contributed by atoms with Gasteiger partial charge in [-0.25, -0.2) is 0 Å². The first-order valence-electron chi connectivity index (χ1n) is 12.0. The van der Waals surface area contributed by atoms with E-state index in [1.807, 2.05) is 0 Å². The van der Waals surface area contributed by atoms with Crippen molar-refractivity contribution < 1.29 is 13.7 Å². The van der Waals surface area contributed by atoms with Gasteiger partial charge < -0.3 is 13.7 Å². The van der Waals surface area contributed by atoms with Gasteiger partial charge in [-0.05, 0) is 56.7 Å². The van der Waals surface area contributed by atoms with Gasteiger partial charge in [0.05, 0.1) is 11.2 Å². The molecule has 0 aliphatic carbocycles. The zero-order chi connectivity index (χ0) is 23.9. The van der Waals surface area contributed by atoms with Crippen molar-refractivity contribution in [3.05, 3.63) is 78.9 Å². The van der Waals surface area contributed by atoms with Crippen LogP contribution in [0.2, 0.25) is 0 Å². The van der Waals surface area contributed by atoms with Gasteiger partial charge in [0.1, 0.15) is 11.3 Å². The van der Waals surface area contributed by atoms with Gasteiger partial charge in [0.2, 0.25) is 0 Å². The molecular formula is C30H25BO3S. The Morgan fingerprint density at radius 2 is 1.37 bits per heavy atom. The molecule has 6 aromatic rings.